The maximum atomic E-state index is 11.8. The van der Waals surface area contributed by atoms with E-state index in [0.29, 0.717) is 17.9 Å². The minimum absolute atomic E-state index is 0.168. The van der Waals surface area contributed by atoms with Gasteiger partial charge in [-0.25, -0.2) is 9.78 Å². The third-order valence-corrected chi connectivity index (χ3v) is 3.15. The van der Waals surface area contributed by atoms with Gasteiger partial charge in [-0.3, -0.25) is 4.79 Å². The van der Waals surface area contributed by atoms with Crippen LogP contribution in [0.2, 0.25) is 5.02 Å². The summed E-state index contributed by atoms with van der Waals surface area (Å²) in [5.41, 5.74) is -0.944. The summed E-state index contributed by atoms with van der Waals surface area (Å²) in [6.45, 7) is 0. The van der Waals surface area contributed by atoms with Gasteiger partial charge in [0.2, 0.25) is 0 Å². The molecule has 0 saturated heterocycles. The molecule has 1 aromatic heterocycles. The third kappa shape index (κ3) is 2.24. The first-order chi connectivity index (χ1) is 8.03. The fourth-order valence-electron chi connectivity index (χ4n) is 1.71. The highest BCUT2D eigenvalue weighted by Crippen LogP contribution is 2.32. The van der Waals surface area contributed by atoms with E-state index in [1.54, 1.807) is 0 Å². The Morgan fingerprint density at radius 1 is 1.41 bits per heavy atom. The van der Waals surface area contributed by atoms with Gasteiger partial charge in [-0.05, 0) is 31.4 Å². The number of carbonyl (C=O) groups excluding carboxylic acids is 1. The Bertz CT molecular complexity index is 454. The summed E-state index contributed by atoms with van der Waals surface area (Å²) in [6.07, 6.45) is 3.08. The Labute approximate surface area is 103 Å². The minimum Gasteiger partial charge on any atom is -0.480 e. The van der Waals surface area contributed by atoms with Crippen LogP contribution in [0.15, 0.2) is 18.3 Å². The molecular formula is C11H11ClN2O3. The number of carbonyl (C=O) groups is 2. The highest BCUT2D eigenvalue weighted by atomic mass is 35.5. The number of aromatic nitrogens is 1. The number of carboxylic acids is 1. The number of pyridine rings is 1. The van der Waals surface area contributed by atoms with Gasteiger partial charge >= 0.3 is 5.97 Å². The second kappa shape index (κ2) is 4.33. The topological polar surface area (TPSA) is 79.3 Å². The molecule has 1 amide bonds. The Morgan fingerprint density at radius 3 is 2.53 bits per heavy atom. The highest BCUT2D eigenvalue weighted by Gasteiger charge is 2.45. The van der Waals surface area contributed by atoms with Crippen molar-refractivity contribution < 1.29 is 14.7 Å². The van der Waals surface area contributed by atoms with E-state index in [4.69, 9.17) is 16.7 Å². The lowest BCUT2D eigenvalue weighted by Crippen LogP contribution is -2.59. The number of nitrogens with zero attached hydrogens (tertiary/aromatic N) is 1. The van der Waals surface area contributed by atoms with E-state index in [-0.39, 0.29) is 5.69 Å². The van der Waals surface area contributed by atoms with E-state index in [1.807, 2.05) is 0 Å². The molecule has 1 aliphatic rings. The van der Waals surface area contributed by atoms with Crippen molar-refractivity contribution >= 4 is 23.5 Å². The van der Waals surface area contributed by atoms with Crippen molar-refractivity contribution in [3.05, 3.63) is 29.0 Å². The zero-order valence-corrected chi connectivity index (χ0v) is 9.70. The van der Waals surface area contributed by atoms with Crippen LogP contribution in [0.25, 0.3) is 0 Å². The molecule has 1 fully saturated rings. The van der Waals surface area contributed by atoms with Crippen molar-refractivity contribution in [1.29, 1.82) is 0 Å². The number of hydrogen-bond donors (Lipinski definition) is 2. The van der Waals surface area contributed by atoms with Gasteiger partial charge in [0.05, 0.1) is 5.02 Å². The van der Waals surface area contributed by atoms with Gasteiger partial charge in [0.15, 0.2) is 0 Å². The fourth-order valence-corrected chi connectivity index (χ4v) is 1.83. The summed E-state index contributed by atoms with van der Waals surface area (Å²) in [6, 6.07) is 3.00. The van der Waals surface area contributed by atoms with Crippen molar-refractivity contribution in [2.75, 3.05) is 0 Å². The molecule has 6 heteroatoms. The Hall–Kier alpha value is -1.62. The van der Waals surface area contributed by atoms with Crippen LogP contribution in [-0.4, -0.2) is 27.5 Å². The summed E-state index contributed by atoms with van der Waals surface area (Å²) in [5, 5.41) is 12.0. The number of amides is 1. The molecule has 0 atom stereocenters. The normalized spacial score (nSPS) is 17.0. The molecule has 5 nitrogen and oxygen atoms in total. The molecule has 0 unspecified atom stereocenters. The number of halogens is 1. The Morgan fingerprint density at radius 2 is 2.12 bits per heavy atom. The van der Waals surface area contributed by atoms with Crippen LogP contribution in [-0.2, 0) is 4.79 Å². The molecule has 1 heterocycles. The van der Waals surface area contributed by atoms with Crippen molar-refractivity contribution in [1.82, 2.24) is 10.3 Å². The number of hydrogen-bond acceptors (Lipinski definition) is 3. The number of carboxylic acid groups (broad SMARTS) is 1. The lowest BCUT2D eigenvalue weighted by molar-refractivity contribution is -0.148. The van der Waals surface area contributed by atoms with Crippen LogP contribution >= 0.6 is 11.6 Å². The van der Waals surface area contributed by atoms with Crippen molar-refractivity contribution in [3.8, 4) is 0 Å². The second-order valence-corrected chi connectivity index (χ2v) is 4.49. The van der Waals surface area contributed by atoms with Crippen LogP contribution in [0.1, 0.15) is 29.8 Å². The average Bonchev–Trinajstić information content (AvgIpc) is 2.23. The zero-order chi connectivity index (χ0) is 12.5. The maximum absolute atomic E-state index is 11.8. The molecule has 1 aromatic rings. The predicted molar refractivity (Wildman–Crippen MR) is 60.9 cm³/mol. The number of nitrogens with one attached hydrogen (secondary N) is 1. The zero-order valence-electron chi connectivity index (χ0n) is 8.94. The summed E-state index contributed by atoms with van der Waals surface area (Å²) in [4.78, 5) is 26.7. The van der Waals surface area contributed by atoms with Crippen molar-refractivity contribution in [2.24, 2.45) is 0 Å². The van der Waals surface area contributed by atoms with Crippen LogP contribution in [0.4, 0.5) is 0 Å². The van der Waals surface area contributed by atoms with Gasteiger partial charge in [-0.1, -0.05) is 11.6 Å². The van der Waals surface area contributed by atoms with Crippen molar-refractivity contribution in [3.63, 3.8) is 0 Å². The summed E-state index contributed by atoms with van der Waals surface area (Å²) >= 11 is 5.65. The van der Waals surface area contributed by atoms with E-state index in [2.05, 4.69) is 10.3 Å². The molecule has 17 heavy (non-hydrogen) atoms. The molecule has 0 bridgehead atoms. The lowest BCUT2D eigenvalue weighted by Gasteiger charge is -2.38. The van der Waals surface area contributed by atoms with Gasteiger partial charge in [-0.2, -0.15) is 0 Å². The van der Waals surface area contributed by atoms with Crippen LogP contribution in [0.3, 0.4) is 0 Å². The molecule has 2 N–H and O–H groups in total. The van der Waals surface area contributed by atoms with Crippen LogP contribution < -0.4 is 5.32 Å². The molecule has 1 aliphatic carbocycles. The van der Waals surface area contributed by atoms with E-state index in [9.17, 15) is 9.59 Å². The van der Waals surface area contributed by atoms with Gasteiger partial charge in [-0.15, -0.1) is 0 Å². The lowest BCUT2D eigenvalue weighted by atomic mass is 9.76. The average molecular weight is 255 g/mol. The molecule has 1 saturated carbocycles. The van der Waals surface area contributed by atoms with Gasteiger partial charge in [0.25, 0.3) is 5.91 Å². The third-order valence-electron chi connectivity index (χ3n) is 2.93. The Kier molecular flexibility index (Phi) is 3.02. The summed E-state index contributed by atoms with van der Waals surface area (Å²) in [5.74, 6) is -1.48. The largest absolute Gasteiger partial charge is 0.480 e. The van der Waals surface area contributed by atoms with Gasteiger partial charge in [0, 0.05) is 6.20 Å². The van der Waals surface area contributed by atoms with E-state index < -0.39 is 17.4 Å². The molecule has 0 radical (unpaired) electrons. The Balaban J connectivity index is 2.11. The minimum atomic E-state index is -1.11. The first-order valence-corrected chi connectivity index (χ1v) is 5.59. The van der Waals surface area contributed by atoms with Crippen LogP contribution in [0.5, 0.6) is 0 Å². The van der Waals surface area contributed by atoms with E-state index in [1.165, 1.54) is 18.3 Å². The van der Waals surface area contributed by atoms with Gasteiger partial charge < -0.3 is 10.4 Å². The van der Waals surface area contributed by atoms with E-state index in [0.717, 1.165) is 6.42 Å². The SMILES string of the molecule is O=C(NC1(C(=O)O)CCC1)c1ccc(Cl)cn1. The quantitative estimate of drug-likeness (QED) is 0.856. The van der Waals surface area contributed by atoms with Crippen LogP contribution in [0, 0.1) is 0 Å². The molecular weight excluding hydrogens is 244 g/mol. The van der Waals surface area contributed by atoms with Crippen molar-refractivity contribution in [2.45, 2.75) is 24.8 Å². The first-order valence-electron chi connectivity index (χ1n) is 5.21. The summed E-state index contributed by atoms with van der Waals surface area (Å²) < 4.78 is 0. The molecule has 0 spiro atoms. The fraction of sp³-hybridized carbons (Fsp3) is 0.364. The number of rotatable bonds is 3. The molecule has 90 valence electrons. The highest BCUT2D eigenvalue weighted by molar-refractivity contribution is 6.30. The molecule has 0 aromatic carbocycles. The maximum Gasteiger partial charge on any atom is 0.329 e. The number of aliphatic carboxylic acids is 1. The first kappa shape index (κ1) is 11.9. The molecule has 2 rings (SSSR count). The smallest absolute Gasteiger partial charge is 0.329 e. The standard InChI is InChI=1S/C11H11ClN2O3/c12-7-2-3-8(13-6-7)9(15)14-11(10(16)17)4-1-5-11/h2-3,6H,1,4-5H2,(H,14,15)(H,16,17). The predicted octanol–water partition coefficient (Wildman–Crippen LogP) is 1.47. The second-order valence-electron chi connectivity index (χ2n) is 4.06. The summed E-state index contributed by atoms with van der Waals surface area (Å²) in [7, 11) is 0. The van der Waals surface area contributed by atoms with Gasteiger partial charge in [0.1, 0.15) is 11.2 Å². The monoisotopic (exact) mass is 254 g/mol. The molecule has 0 aliphatic heterocycles. The van der Waals surface area contributed by atoms with E-state index >= 15 is 0 Å².